The van der Waals surface area contributed by atoms with Crippen molar-refractivity contribution in [3.8, 4) is 0 Å². The van der Waals surface area contributed by atoms with E-state index in [0.29, 0.717) is 5.69 Å². The second kappa shape index (κ2) is 6.64. The standard InChI is InChI=1S/C18H15N3O4S/c22-18(15-5-6-17(25-15)21(23)24)19-13-3-1-2-4-14(13)20-9-7-16-12(11-20)8-10-26-16/h1-6,8,10H,7,9,11H2,(H,19,22). The molecule has 2 aromatic heterocycles. The maximum atomic E-state index is 12.4. The molecule has 132 valence electrons. The van der Waals surface area contributed by atoms with Gasteiger partial charge in [0, 0.05) is 18.0 Å². The lowest BCUT2D eigenvalue weighted by atomic mass is 10.1. The SMILES string of the molecule is O=C(Nc1ccccc1N1CCc2sccc2C1)c1ccc([N+](=O)[O-])o1. The topological polar surface area (TPSA) is 88.6 Å². The van der Waals surface area contributed by atoms with Crippen LogP contribution < -0.4 is 10.2 Å². The number of nitrogens with one attached hydrogen (secondary N) is 1. The van der Waals surface area contributed by atoms with E-state index >= 15 is 0 Å². The van der Waals surface area contributed by atoms with Crippen LogP contribution in [0.1, 0.15) is 21.0 Å². The molecule has 1 amide bonds. The van der Waals surface area contributed by atoms with Crippen LogP contribution in [0.15, 0.2) is 52.3 Å². The van der Waals surface area contributed by atoms with Gasteiger partial charge < -0.3 is 14.6 Å². The Kier molecular flexibility index (Phi) is 4.18. The Bertz CT molecular complexity index is 978. The summed E-state index contributed by atoms with van der Waals surface area (Å²) in [6, 6.07) is 12.1. The van der Waals surface area contributed by atoms with Gasteiger partial charge >= 0.3 is 5.88 Å². The lowest BCUT2D eigenvalue weighted by Gasteiger charge is -2.30. The molecule has 8 heteroatoms. The molecule has 0 saturated carbocycles. The molecular weight excluding hydrogens is 354 g/mol. The third-order valence-corrected chi connectivity index (χ3v) is 5.32. The van der Waals surface area contributed by atoms with Gasteiger partial charge in [0.05, 0.1) is 17.4 Å². The van der Waals surface area contributed by atoms with Gasteiger partial charge in [-0.05, 0) is 41.6 Å². The second-order valence-corrected chi connectivity index (χ2v) is 6.91. The predicted octanol–water partition coefficient (Wildman–Crippen LogP) is 4.06. The molecule has 0 aliphatic carbocycles. The van der Waals surface area contributed by atoms with Crippen LogP contribution >= 0.6 is 11.3 Å². The number of hydrogen-bond donors (Lipinski definition) is 1. The number of carbonyl (C=O) groups is 1. The lowest BCUT2D eigenvalue weighted by Crippen LogP contribution is -2.30. The van der Waals surface area contributed by atoms with Gasteiger partial charge in [-0.25, -0.2) is 0 Å². The van der Waals surface area contributed by atoms with E-state index in [4.69, 9.17) is 4.42 Å². The van der Waals surface area contributed by atoms with Crippen molar-refractivity contribution >= 4 is 34.5 Å². The third kappa shape index (κ3) is 3.06. The average molecular weight is 369 g/mol. The molecule has 1 N–H and O–H groups in total. The summed E-state index contributed by atoms with van der Waals surface area (Å²) in [6.07, 6.45) is 0.972. The largest absolute Gasteiger partial charge is 0.433 e. The number of thiophene rings is 1. The van der Waals surface area contributed by atoms with Gasteiger partial charge in [-0.2, -0.15) is 0 Å². The summed E-state index contributed by atoms with van der Waals surface area (Å²) >= 11 is 1.78. The normalized spacial score (nSPS) is 13.3. The quantitative estimate of drug-likeness (QED) is 0.553. The number of nitro groups is 1. The summed E-state index contributed by atoms with van der Waals surface area (Å²) in [5, 5.41) is 15.6. The Labute approximate surface area is 153 Å². The molecule has 0 spiro atoms. The number of nitrogens with zero attached hydrogens (tertiary/aromatic N) is 2. The monoisotopic (exact) mass is 369 g/mol. The molecule has 0 unspecified atom stereocenters. The van der Waals surface area contributed by atoms with Gasteiger partial charge in [0.15, 0.2) is 5.76 Å². The molecule has 3 heterocycles. The first-order valence-electron chi connectivity index (χ1n) is 8.06. The van der Waals surface area contributed by atoms with Gasteiger partial charge in [0.1, 0.15) is 4.92 Å². The van der Waals surface area contributed by atoms with Gasteiger partial charge in [0.2, 0.25) is 0 Å². The zero-order valence-corrected chi connectivity index (χ0v) is 14.5. The van der Waals surface area contributed by atoms with Crippen molar-refractivity contribution in [2.45, 2.75) is 13.0 Å². The number of para-hydroxylation sites is 2. The second-order valence-electron chi connectivity index (χ2n) is 5.91. The highest BCUT2D eigenvalue weighted by molar-refractivity contribution is 7.10. The smallest absolute Gasteiger partial charge is 0.395 e. The summed E-state index contributed by atoms with van der Waals surface area (Å²) < 4.78 is 4.98. The third-order valence-electron chi connectivity index (χ3n) is 4.30. The summed E-state index contributed by atoms with van der Waals surface area (Å²) in [4.78, 5) is 26.1. The number of amides is 1. The zero-order chi connectivity index (χ0) is 18.1. The molecule has 0 bridgehead atoms. The van der Waals surface area contributed by atoms with Crippen LogP contribution in [0.5, 0.6) is 0 Å². The summed E-state index contributed by atoms with van der Waals surface area (Å²) in [6.45, 7) is 1.66. The summed E-state index contributed by atoms with van der Waals surface area (Å²) in [7, 11) is 0. The van der Waals surface area contributed by atoms with Crippen LogP contribution in [-0.4, -0.2) is 17.4 Å². The summed E-state index contributed by atoms with van der Waals surface area (Å²) in [5.74, 6) is -1.06. The molecular formula is C18H15N3O4S. The van der Waals surface area contributed by atoms with E-state index in [1.807, 2.05) is 24.3 Å². The average Bonchev–Trinajstić information content (AvgIpc) is 3.31. The van der Waals surface area contributed by atoms with Crippen molar-refractivity contribution in [2.75, 3.05) is 16.8 Å². The molecule has 0 radical (unpaired) electrons. The number of carbonyl (C=O) groups excluding carboxylic acids is 1. The van der Waals surface area contributed by atoms with E-state index < -0.39 is 16.7 Å². The molecule has 0 saturated heterocycles. The van der Waals surface area contributed by atoms with Crippen molar-refractivity contribution in [1.29, 1.82) is 0 Å². The molecule has 4 rings (SSSR count). The number of fused-ring (bicyclic) bond motifs is 1. The maximum absolute atomic E-state index is 12.4. The minimum atomic E-state index is -0.670. The highest BCUT2D eigenvalue weighted by Gasteiger charge is 2.22. The maximum Gasteiger partial charge on any atom is 0.433 e. The van der Waals surface area contributed by atoms with E-state index in [9.17, 15) is 14.9 Å². The van der Waals surface area contributed by atoms with E-state index in [2.05, 4.69) is 21.7 Å². The highest BCUT2D eigenvalue weighted by Crippen LogP contribution is 2.32. The number of rotatable bonds is 4. The molecule has 3 aromatic rings. The van der Waals surface area contributed by atoms with Gasteiger partial charge in [0.25, 0.3) is 5.91 Å². The summed E-state index contributed by atoms with van der Waals surface area (Å²) in [5.41, 5.74) is 2.87. The molecule has 26 heavy (non-hydrogen) atoms. The number of anilines is 2. The van der Waals surface area contributed by atoms with E-state index in [1.165, 1.54) is 22.6 Å². The molecule has 1 aromatic carbocycles. The van der Waals surface area contributed by atoms with Crippen molar-refractivity contribution in [1.82, 2.24) is 0 Å². The van der Waals surface area contributed by atoms with Gasteiger partial charge in [-0.15, -0.1) is 11.3 Å². The van der Waals surface area contributed by atoms with Crippen LogP contribution in [0.25, 0.3) is 0 Å². The lowest BCUT2D eigenvalue weighted by molar-refractivity contribution is -0.402. The first kappa shape index (κ1) is 16.3. The van der Waals surface area contributed by atoms with Crippen LogP contribution in [0.3, 0.4) is 0 Å². The highest BCUT2D eigenvalue weighted by atomic mass is 32.1. The fraction of sp³-hybridized carbons (Fsp3) is 0.167. The molecule has 1 aliphatic heterocycles. The Balaban J connectivity index is 1.56. The Hall–Kier alpha value is -3.13. The molecule has 1 aliphatic rings. The van der Waals surface area contributed by atoms with Crippen LogP contribution in [-0.2, 0) is 13.0 Å². The predicted molar refractivity (Wildman–Crippen MR) is 98.8 cm³/mol. The van der Waals surface area contributed by atoms with Crippen molar-refractivity contribution < 1.29 is 14.1 Å². The minimum absolute atomic E-state index is 0.0923. The Morgan fingerprint density at radius 1 is 1.23 bits per heavy atom. The fourth-order valence-electron chi connectivity index (χ4n) is 3.04. The molecule has 0 fully saturated rings. The molecule has 0 atom stereocenters. The Morgan fingerprint density at radius 2 is 2.08 bits per heavy atom. The van der Waals surface area contributed by atoms with Crippen molar-refractivity contribution in [3.05, 3.63) is 74.2 Å². The van der Waals surface area contributed by atoms with Crippen LogP contribution in [0.4, 0.5) is 17.3 Å². The van der Waals surface area contributed by atoms with Crippen LogP contribution in [0.2, 0.25) is 0 Å². The van der Waals surface area contributed by atoms with Crippen LogP contribution in [0, 0.1) is 10.1 Å². The zero-order valence-electron chi connectivity index (χ0n) is 13.7. The first-order chi connectivity index (χ1) is 12.6. The molecule has 7 nitrogen and oxygen atoms in total. The minimum Gasteiger partial charge on any atom is -0.395 e. The number of furan rings is 1. The fourth-order valence-corrected chi connectivity index (χ4v) is 3.93. The first-order valence-corrected chi connectivity index (χ1v) is 8.94. The van der Waals surface area contributed by atoms with Gasteiger partial charge in [-0.3, -0.25) is 14.9 Å². The number of hydrogen-bond acceptors (Lipinski definition) is 6. The van der Waals surface area contributed by atoms with Crippen molar-refractivity contribution in [2.24, 2.45) is 0 Å². The number of benzene rings is 1. The van der Waals surface area contributed by atoms with E-state index in [1.54, 1.807) is 11.3 Å². The van der Waals surface area contributed by atoms with E-state index in [0.717, 1.165) is 25.2 Å². The van der Waals surface area contributed by atoms with Gasteiger partial charge in [-0.1, -0.05) is 12.1 Å². The van der Waals surface area contributed by atoms with Crippen molar-refractivity contribution in [3.63, 3.8) is 0 Å². The Morgan fingerprint density at radius 3 is 2.88 bits per heavy atom. The van der Waals surface area contributed by atoms with E-state index in [-0.39, 0.29) is 5.76 Å².